The van der Waals surface area contributed by atoms with Crippen LogP contribution < -0.4 is 0 Å². The van der Waals surface area contributed by atoms with Gasteiger partial charge in [0.05, 0.1) is 12.7 Å². The Labute approximate surface area is 110 Å². The fraction of sp³-hybridized carbons (Fsp3) is 0.200. The van der Waals surface area contributed by atoms with E-state index in [-0.39, 0.29) is 0 Å². The summed E-state index contributed by atoms with van der Waals surface area (Å²) in [5.74, 6) is -1.11. The third kappa shape index (κ3) is 2.91. The molecular weight excluding hydrogens is 244 g/mol. The van der Waals surface area contributed by atoms with Gasteiger partial charge >= 0.3 is 11.9 Å². The first-order valence-corrected chi connectivity index (χ1v) is 5.89. The normalized spacial score (nSPS) is 11.9. The smallest absolute Gasteiger partial charge is 0.346 e. The lowest BCUT2D eigenvalue weighted by molar-refractivity contribution is -0.149. The monoisotopic (exact) mass is 258 g/mol. The maximum absolute atomic E-state index is 11.9. The summed E-state index contributed by atoms with van der Waals surface area (Å²) in [5, 5.41) is 1.99. The zero-order chi connectivity index (χ0) is 13.8. The third-order valence-electron chi connectivity index (χ3n) is 2.80. The van der Waals surface area contributed by atoms with Crippen LogP contribution in [0.3, 0.4) is 0 Å². The van der Waals surface area contributed by atoms with Gasteiger partial charge in [-0.25, -0.2) is 9.59 Å². The van der Waals surface area contributed by atoms with Gasteiger partial charge in [-0.15, -0.1) is 0 Å². The van der Waals surface area contributed by atoms with Crippen LogP contribution in [0.1, 0.15) is 17.3 Å². The van der Waals surface area contributed by atoms with Crippen LogP contribution >= 0.6 is 0 Å². The first-order chi connectivity index (χ1) is 9.11. The van der Waals surface area contributed by atoms with E-state index in [1.807, 2.05) is 30.3 Å². The Hall–Kier alpha value is -2.36. The summed E-state index contributed by atoms with van der Waals surface area (Å²) >= 11 is 0. The highest BCUT2D eigenvalue weighted by Crippen LogP contribution is 2.16. The van der Waals surface area contributed by atoms with Crippen molar-refractivity contribution in [2.24, 2.45) is 0 Å². The van der Waals surface area contributed by atoms with Gasteiger partial charge in [0.25, 0.3) is 0 Å². The van der Waals surface area contributed by atoms with Crippen LogP contribution in [0.4, 0.5) is 0 Å². The molecule has 0 heterocycles. The van der Waals surface area contributed by atoms with Crippen LogP contribution in [0.2, 0.25) is 0 Å². The second-order valence-electron chi connectivity index (χ2n) is 4.13. The summed E-state index contributed by atoms with van der Waals surface area (Å²) in [6, 6.07) is 13.0. The highest BCUT2D eigenvalue weighted by Gasteiger charge is 2.19. The van der Waals surface area contributed by atoms with E-state index in [0.29, 0.717) is 5.56 Å². The van der Waals surface area contributed by atoms with E-state index < -0.39 is 18.0 Å². The number of esters is 2. The number of fused-ring (bicyclic) bond motifs is 1. The first kappa shape index (κ1) is 13.1. The summed E-state index contributed by atoms with van der Waals surface area (Å²) in [5.41, 5.74) is 0.412. The van der Waals surface area contributed by atoms with Crippen molar-refractivity contribution < 1.29 is 19.1 Å². The molecule has 0 amide bonds. The number of benzene rings is 2. The van der Waals surface area contributed by atoms with Crippen LogP contribution in [-0.2, 0) is 14.3 Å². The van der Waals surface area contributed by atoms with Crippen molar-refractivity contribution in [3.8, 4) is 0 Å². The molecule has 0 saturated heterocycles. The van der Waals surface area contributed by atoms with Gasteiger partial charge in [-0.05, 0) is 29.8 Å². The predicted octanol–water partition coefficient (Wildman–Crippen LogP) is 2.56. The molecule has 0 spiro atoms. The van der Waals surface area contributed by atoms with Gasteiger partial charge < -0.3 is 9.47 Å². The molecule has 0 bridgehead atoms. The zero-order valence-electron chi connectivity index (χ0n) is 10.8. The number of carbonyl (C=O) groups is 2. The Bertz CT molecular complexity index is 618. The van der Waals surface area contributed by atoms with Crippen molar-refractivity contribution in [1.82, 2.24) is 0 Å². The molecule has 2 aromatic carbocycles. The number of hydrogen-bond donors (Lipinski definition) is 0. The molecule has 0 unspecified atom stereocenters. The third-order valence-corrected chi connectivity index (χ3v) is 2.80. The highest BCUT2D eigenvalue weighted by atomic mass is 16.6. The largest absolute Gasteiger partial charge is 0.466 e. The van der Waals surface area contributed by atoms with Gasteiger partial charge in [0.2, 0.25) is 0 Å². The molecule has 2 aromatic rings. The second kappa shape index (κ2) is 5.52. The average molecular weight is 258 g/mol. The molecule has 0 saturated carbocycles. The maximum atomic E-state index is 11.9. The van der Waals surface area contributed by atoms with Crippen LogP contribution in [0.15, 0.2) is 42.5 Å². The number of hydrogen-bond acceptors (Lipinski definition) is 4. The van der Waals surface area contributed by atoms with Crippen LogP contribution in [0.5, 0.6) is 0 Å². The van der Waals surface area contributed by atoms with Crippen LogP contribution in [0.25, 0.3) is 10.8 Å². The van der Waals surface area contributed by atoms with Crippen molar-refractivity contribution in [2.75, 3.05) is 7.11 Å². The molecule has 98 valence electrons. The Morgan fingerprint density at radius 2 is 1.74 bits per heavy atom. The standard InChI is InChI=1S/C15H14O4/c1-10(14(16)18-2)19-15(17)13-8-7-11-5-3-4-6-12(11)9-13/h3-10H,1-2H3/t10-/m1/s1. The minimum Gasteiger partial charge on any atom is -0.466 e. The Morgan fingerprint density at radius 3 is 2.42 bits per heavy atom. The number of carbonyl (C=O) groups excluding carboxylic acids is 2. The molecular formula is C15H14O4. The fourth-order valence-corrected chi connectivity index (χ4v) is 1.76. The minimum absolute atomic E-state index is 0.412. The molecule has 4 heteroatoms. The quantitative estimate of drug-likeness (QED) is 0.794. The molecule has 4 nitrogen and oxygen atoms in total. The van der Waals surface area contributed by atoms with Crippen molar-refractivity contribution in [3.05, 3.63) is 48.0 Å². The molecule has 0 aromatic heterocycles. The van der Waals surface area contributed by atoms with Gasteiger partial charge in [-0.3, -0.25) is 0 Å². The lowest BCUT2D eigenvalue weighted by Gasteiger charge is -2.11. The maximum Gasteiger partial charge on any atom is 0.346 e. The number of ether oxygens (including phenoxy) is 2. The molecule has 0 fully saturated rings. The van der Waals surface area contributed by atoms with Crippen molar-refractivity contribution in [3.63, 3.8) is 0 Å². The Kier molecular flexibility index (Phi) is 3.80. The minimum atomic E-state index is -0.913. The van der Waals surface area contributed by atoms with Gasteiger partial charge in [-0.2, -0.15) is 0 Å². The molecule has 0 aliphatic rings. The second-order valence-corrected chi connectivity index (χ2v) is 4.13. The molecule has 0 aliphatic carbocycles. The number of methoxy groups -OCH3 is 1. The van der Waals surface area contributed by atoms with E-state index >= 15 is 0 Å². The summed E-state index contributed by atoms with van der Waals surface area (Å²) in [6.45, 7) is 1.48. The van der Waals surface area contributed by atoms with E-state index in [9.17, 15) is 9.59 Å². The van der Waals surface area contributed by atoms with E-state index in [4.69, 9.17) is 4.74 Å². The van der Waals surface area contributed by atoms with Gasteiger partial charge in [0.15, 0.2) is 6.10 Å². The molecule has 2 rings (SSSR count). The zero-order valence-corrected chi connectivity index (χ0v) is 10.8. The Morgan fingerprint density at radius 1 is 1.05 bits per heavy atom. The van der Waals surface area contributed by atoms with Crippen molar-refractivity contribution in [1.29, 1.82) is 0 Å². The molecule has 0 radical (unpaired) electrons. The molecule has 1 atom stereocenters. The van der Waals surface area contributed by atoms with Crippen molar-refractivity contribution >= 4 is 22.7 Å². The molecule has 19 heavy (non-hydrogen) atoms. The summed E-state index contributed by atoms with van der Waals surface area (Å²) in [6.07, 6.45) is -0.913. The summed E-state index contributed by atoms with van der Waals surface area (Å²) in [4.78, 5) is 23.1. The first-order valence-electron chi connectivity index (χ1n) is 5.89. The average Bonchev–Trinajstić information content (AvgIpc) is 2.45. The van der Waals surface area contributed by atoms with E-state index in [1.54, 1.807) is 12.1 Å². The van der Waals surface area contributed by atoms with E-state index in [1.165, 1.54) is 14.0 Å². The molecule has 0 aliphatic heterocycles. The van der Waals surface area contributed by atoms with E-state index in [2.05, 4.69) is 4.74 Å². The van der Waals surface area contributed by atoms with Gasteiger partial charge in [-0.1, -0.05) is 30.3 Å². The molecule has 0 N–H and O–H groups in total. The predicted molar refractivity (Wildman–Crippen MR) is 70.8 cm³/mol. The van der Waals surface area contributed by atoms with Crippen LogP contribution in [0, 0.1) is 0 Å². The number of rotatable bonds is 3. The summed E-state index contributed by atoms with van der Waals surface area (Å²) < 4.78 is 9.53. The fourth-order valence-electron chi connectivity index (χ4n) is 1.76. The highest BCUT2D eigenvalue weighted by molar-refractivity contribution is 5.96. The summed E-state index contributed by atoms with van der Waals surface area (Å²) in [7, 11) is 1.25. The Balaban J connectivity index is 2.19. The SMILES string of the molecule is COC(=O)[C@@H](C)OC(=O)c1ccc2ccccc2c1. The van der Waals surface area contributed by atoms with Gasteiger partial charge in [0, 0.05) is 0 Å². The topological polar surface area (TPSA) is 52.6 Å². The lowest BCUT2D eigenvalue weighted by Crippen LogP contribution is -2.25. The van der Waals surface area contributed by atoms with Crippen LogP contribution in [-0.4, -0.2) is 25.2 Å². The van der Waals surface area contributed by atoms with Crippen molar-refractivity contribution in [2.45, 2.75) is 13.0 Å². The van der Waals surface area contributed by atoms with E-state index in [0.717, 1.165) is 10.8 Å². The lowest BCUT2D eigenvalue weighted by atomic mass is 10.1. The van der Waals surface area contributed by atoms with Gasteiger partial charge in [0.1, 0.15) is 0 Å².